The van der Waals surface area contributed by atoms with Gasteiger partial charge < -0.3 is 5.32 Å². The highest BCUT2D eigenvalue weighted by Gasteiger charge is 2.27. The molecule has 0 aromatic carbocycles. The van der Waals surface area contributed by atoms with Gasteiger partial charge in [-0.15, -0.1) is 0 Å². The van der Waals surface area contributed by atoms with Crippen LogP contribution < -0.4 is 10.3 Å². The Morgan fingerprint density at radius 1 is 1.60 bits per heavy atom. The fraction of sp³-hybridized carbons (Fsp3) is 0.625. The molecule has 0 aliphatic carbocycles. The smallest absolute Gasteiger partial charge is 0.258 e. The van der Waals surface area contributed by atoms with Crippen LogP contribution in [0.1, 0.15) is 19.3 Å². The number of fused-ring (bicyclic) bond motifs is 1. The van der Waals surface area contributed by atoms with Crippen LogP contribution in [0.2, 0.25) is 0 Å². The maximum atomic E-state index is 4.40. The average Bonchev–Trinajstić information content (AvgIpc) is 2.05. The molecule has 1 saturated heterocycles. The minimum absolute atomic E-state index is 0.475. The third kappa shape index (κ3) is 0.939. The Bertz CT molecular complexity index is 182. The summed E-state index contributed by atoms with van der Waals surface area (Å²) in [6.45, 7) is 1.14. The second-order valence-corrected chi connectivity index (χ2v) is 2.81. The van der Waals surface area contributed by atoms with Crippen molar-refractivity contribution >= 4 is 6.21 Å². The molecule has 0 saturated carbocycles. The number of allylic oxidation sites excluding steroid dienone is 1. The largest absolute Gasteiger partial charge is 0.383 e. The predicted molar refractivity (Wildman–Crippen MR) is 41.9 cm³/mol. The lowest BCUT2D eigenvalue weighted by Crippen LogP contribution is -2.36. The maximum absolute atomic E-state index is 4.40. The summed E-state index contributed by atoms with van der Waals surface area (Å²) >= 11 is 0. The highest BCUT2D eigenvalue weighted by atomic mass is 15.0. The first-order valence-corrected chi connectivity index (χ1v) is 3.92. The van der Waals surface area contributed by atoms with Gasteiger partial charge in [-0.05, 0) is 12.5 Å². The van der Waals surface area contributed by atoms with Gasteiger partial charge in [-0.2, -0.15) is 0 Å². The maximum Gasteiger partial charge on any atom is 0.258 e. The Kier molecular flexibility index (Phi) is 1.46. The second kappa shape index (κ2) is 2.45. The first kappa shape index (κ1) is 5.96. The van der Waals surface area contributed by atoms with Crippen LogP contribution in [0.5, 0.6) is 0 Å². The molecule has 1 fully saturated rings. The topological polar surface area (TPSA) is 26.1 Å². The van der Waals surface area contributed by atoms with Gasteiger partial charge in [-0.3, -0.25) is 0 Å². The molecule has 10 heavy (non-hydrogen) atoms. The van der Waals surface area contributed by atoms with Gasteiger partial charge in [0, 0.05) is 18.0 Å². The zero-order valence-corrected chi connectivity index (χ0v) is 6.01. The molecule has 1 N–H and O–H groups in total. The van der Waals surface area contributed by atoms with E-state index in [0.717, 1.165) is 13.0 Å². The quantitative estimate of drug-likeness (QED) is 0.513. The van der Waals surface area contributed by atoms with Gasteiger partial charge in [0.15, 0.2) is 0 Å². The Balaban J connectivity index is 2.13. The molecular weight excluding hydrogens is 124 g/mol. The summed E-state index contributed by atoms with van der Waals surface area (Å²) < 4.78 is 0. The Morgan fingerprint density at radius 2 is 2.60 bits per heavy atom. The molecule has 0 amide bonds. The molecule has 2 aliphatic rings. The third-order valence-corrected chi connectivity index (χ3v) is 2.07. The van der Waals surface area contributed by atoms with Crippen LogP contribution in [0.4, 0.5) is 0 Å². The number of dihydropyridines is 1. The molecule has 0 aromatic heterocycles. The zero-order chi connectivity index (χ0) is 6.81. The molecule has 2 heterocycles. The number of rotatable bonds is 0. The molecule has 2 heteroatoms. The lowest BCUT2D eigenvalue weighted by molar-refractivity contribution is 0.499. The molecule has 0 aromatic rings. The van der Waals surface area contributed by atoms with Crippen LogP contribution in [0.3, 0.4) is 0 Å². The minimum atomic E-state index is 0.475. The van der Waals surface area contributed by atoms with Gasteiger partial charge in [0.25, 0.3) is 6.04 Å². The first-order chi connectivity index (χ1) is 4.97. The van der Waals surface area contributed by atoms with E-state index in [0.29, 0.717) is 6.04 Å². The second-order valence-electron chi connectivity index (χ2n) is 2.81. The Labute approximate surface area is 61.0 Å². The molecule has 2 rings (SSSR count). The normalized spacial score (nSPS) is 30.4. The summed E-state index contributed by atoms with van der Waals surface area (Å²) in [6.07, 6.45) is 7.77. The molecule has 53 valence electrons. The molecular formula is C8H12N2+. The molecule has 0 spiro atoms. The van der Waals surface area contributed by atoms with Gasteiger partial charge in [-0.1, -0.05) is 0 Å². The van der Waals surface area contributed by atoms with E-state index in [-0.39, 0.29) is 0 Å². The predicted octanol–water partition coefficient (Wildman–Crippen LogP) is 0.433. The number of hydrogen-bond acceptors (Lipinski definition) is 2. The van der Waals surface area contributed by atoms with Crippen molar-refractivity contribution in [3.8, 4) is 0 Å². The molecule has 2 nitrogen and oxygen atoms in total. The summed E-state index contributed by atoms with van der Waals surface area (Å²) in [5.41, 5.74) is 1.36. The van der Waals surface area contributed by atoms with Gasteiger partial charge in [0.1, 0.15) is 0 Å². The van der Waals surface area contributed by atoms with Crippen LogP contribution in [0, 0.1) is 0 Å². The van der Waals surface area contributed by atoms with Crippen molar-refractivity contribution in [1.29, 1.82) is 0 Å². The Hall–Kier alpha value is -0.790. The van der Waals surface area contributed by atoms with E-state index in [1.165, 1.54) is 18.5 Å². The van der Waals surface area contributed by atoms with E-state index >= 15 is 0 Å². The molecule has 1 atom stereocenters. The van der Waals surface area contributed by atoms with Crippen LogP contribution in [-0.2, 0) is 0 Å². The van der Waals surface area contributed by atoms with Crippen molar-refractivity contribution in [2.75, 3.05) is 6.54 Å². The summed E-state index contributed by atoms with van der Waals surface area (Å²) in [7, 11) is 0. The number of piperidine rings is 1. The summed E-state index contributed by atoms with van der Waals surface area (Å²) in [5, 5.41) is 3.37. The number of nitrogens with one attached hydrogen (secondary N) is 1. The van der Waals surface area contributed by atoms with E-state index in [2.05, 4.69) is 16.4 Å². The van der Waals surface area contributed by atoms with Crippen molar-refractivity contribution in [1.82, 2.24) is 10.3 Å². The summed E-state index contributed by atoms with van der Waals surface area (Å²) in [5.74, 6) is 0. The van der Waals surface area contributed by atoms with Crippen molar-refractivity contribution in [3.05, 3.63) is 11.8 Å². The number of nitrogens with zero attached hydrogens (tertiary/aromatic N) is 1. The third-order valence-electron chi connectivity index (χ3n) is 2.07. The Morgan fingerprint density at radius 3 is 3.50 bits per heavy atom. The first-order valence-electron chi connectivity index (χ1n) is 3.92. The van der Waals surface area contributed by atoms with E-state index in [1.807, 2.05) is 6.21 Å². The van der Waals surface area contributed by atoms with Crippen molar-refractivity contribution in [3.63, 3.8) is 0 Å². The van der Waals surface area contributed by atoms with E-state index < -0.39 is 0 Å². The molecule has 0 bridgehead atoms. The molecule has 2 aliphatic heterocycles. The fourth-order valence-electron chi connectivity index (χ4n) is 1.53. The van der Waals surface area contributed by atoms with Gasteiger partial charge in [-0.25, -0.2) is 0 Å². The minimum Gasteiger partial charge on any atom is -0.383 e. The van der Waals surface area contributed by atoms with Crippen molar-refractivity contribution < 1.29 is 0 Å². The summed E-state index contributed by atoms with van der Waals surface area (Å²) in [6, 6.07) is 0.475. The fourth-order valence-corrected chi connectivity index (χ4v) is 1.53. The zero-order valence-electron chi connectivity index (χ0n) is 6.01. The van der Waals surface area contributed by atoms with E-state index in [9.17, 15) is 0 Å². The van der Waals surface area contributed by atoms with Crippen LogP contribution in [0.25, 0.3) is 0 Å². The average molecular weight is 136 g/mol. The molecule has 1 unspecified atom stereocenters. The molecule has 1 radical (unpaired) electrons. The van der Waals surface area contributed by atoms with Crippen LogP contribution in [0.15, 0.2) is 11.8 Å². The monoisotopic (exact) mass is 136 g/mol. The number of hydrogen-bond donors (Lipinski definition) is 1. The van der Waals surface area contributed by atoms with Gasteiger partial charge in [0.2, 0.25) is 6.21 Å². The highest BCUT2D eigenvalue weighted by molar-refractivity contribution is 5.60. The van der Waals surface area contributed by atoms with Crippen LogP contribution >= 0.6 is 0 Å². The van der Waals surface area contributed by atoms with Crippen molar-refractivity contribution in [2.24, 2.45) is 0 Å². The SMILES string of the molecule is C1=[N+]C2CCCNC2=CC1. The highest BCUT2D eigenvalue weighted by Crippen LogP contribution is 2.13. The van der Waals surface area contributed by atoms with Gasteiger partial charge >= 0.3 is 0 Å². The standard InChI is InChI=1S/C8H12N2/c1-3-7-8(9-5-1)4-2-6-10-7/h3,5,8,10H,1-2,4,6H2/q+1. The van der Waals surface area contributed by atoms with Crippen LogP contribution in [-0.4, -0.2) is 18.8 Å². The van der Waals surface area contributed by atoms with Gasteiger partial charge in [0.05, 0.1) is 12.1 Å². The summed E-state index contributed by atoms with van der Waals surface area (Å²) in [4.78, 5) is 4.40. The van der Waals surface area contributed by atoms with E-state index in [1.54, 1.807) is 0 Å². The lowest BCUT2D eigenvalue weighted by Gasteiger charge is -2.18. The lowest BCUT2D eigenvalue weighted by atomic mass is 10.0. The van der Waals surface area contributed by atoms with Crippen molar-refractivity contribution in [2.45, 2.75) is 25.3 Å². The number of aliphatic imine (C=N–C) groups is 1. The van der Waals surface area contributed by atoms with E-state index in [4.69, 9.17) is 0 Å².